The van der Waals surface area contributed by atoms with Gasteiger partial charge in [0.2, 0.25) is 5.91 Å². The maximum absolute atomic E-state index is 13.0. The molecule has 5 rings (SSSR count). The largest absolute Gasteiger partial charge is 0.486 e. The zero-order valence-corrected chi connectivity index (χ0v) is 15.1. The maximum Gasteiger partial charge on any atom is 0.226 e. The number of amides is 1. The molecule has 0 bridgehead atoms. The third-order valence-electron chi connectivity index (χ3n) is 6.95. The fourth-order valence-corrected chi connectivity index (χ4v) is 5.56. The van der Waals surface area contributed by atoms with Crippen molar-refractivity contribution in [2.24, 2.45) is 17.8 Å². The number of aliphatic hydroxyl groups is 1. The van der Waals surface area contributed by atoms with E-state index in [0.717, 1.165) is 18.4 Å². The van der Waals surface area contributed by atoms with E-state index in [1.54, 1.807) is 0 Å². The summed E-state index contributed by atoms with van der Waals surface area (Å²) in [6, 6.07) is 5.79. The second-order valence-corrected chi connectivity index (χ2v) is 8.58. The van der Waals surface area contributed by atoms with Crippen LogP contribution in [0.2, 0.25) is 0 Å². The topological polar surface area (TPSA) is 66.8 Å². The number of nitrogens with zero attached hydrogens (tertiary/aromatic N) is 1. The Hall–Kier alpha value is -1.88. The van der Waals surface area contributed by atoms with Crippen molar-refractivity contribution >= 4 is 11.7 Å². The van der Waals surface area contributed by atoms with E-state index in [2.05, 4.69) is 0 Å². The number of aryl methyl sites for hydroxylation is 1. The number of benzene rings is 1. The predicted molar refractivity (Wildman–Crippen MR) is 95.0 cm³/mol. The monoisotopic (exact) mass is 355 g/mol. The molecule has 1 aromatic carbocycles. The summed E-state index contributed by atoms with van der Waals surface area (Å²) in [6.45, 7) is 3.27. The number of carbonyl (C=O) groups excluding carboxylic acids is 2. The van der Waals surface area contributed by atoms with Gasteiger partial charge in [-0.2, -0.15) is 0 Å². The first kappa shape index (κ1) is 16.3. The van der Waals surface area contributed by atoms with Crippen LogP contribution in [0, 0.1) is 24.7 Å². The van der Waals surface area contributed by atoms with Crippen LogP contribution in [0.5, 0.6) is 5.75 Å². The van der Waals surface area contributed by atoms with Crippen molar-refractivity contribution in [1.29, 1.82) is 0 Å². The molecule has 1 spiro atoms. The third kappa shape index (κ3) is 2.33. The lowest BCUT2D eigenvalue weighted by Crippen LogP contribution is -2.46. The highest BCUT2D eigenvalue weighted by molar-refractivity contribution is 6.01. The summed E-state index contributed by atoms with van der Waals surface area (Å²) >= 11 is 0. The van der Waals surface area contributed by atoms with Gasteiger partial charge in [0.05, 0.1) is 18.1 Å². The highest BCUT2D eigenvalue weighted by atomic mass is 16.5. The number of ether oxygens (including phenoxy) is 1. The van der Waals surface area contributed by atoms with Gasteiger partial charge >= 0.3 is 0 Å². The fraction of sp³-hybridized carbons (Fsp3) is 0.619. The van der Waals surface area contributed by atoms with E-state index < -0.39 is 5.60 Å². The molecule has 5 nitrogen and oxygen atoms in total. The van der Waals surface area contributed by atoms with Gasteiger partial charge in [0, 0.05) is 24.9 Å². The quantitative estimate of drug-likeness (QED) is 0.840. The van der Waals surface area contributed by atoms with E-state index in [-0.39, 0.29) is 29.6 Å². The molecule has 4 aliphatic rings. The van der Waals surface area contributed by atoms with E-state index in [1.807, 2.05) is 30.0 Å². The zero-order chi connectivity index (χ0) is 18.1. The zero-order valence-electron chi connectivity index (χ0n) is 15.1. The van der Waals surface area contributed by atoms with Crippen LogP contribution in [-0.4, -0.2) is 46.5 Å². The lowest BCUT2D eigenvalue weighted by molar-refractivity contribution is -0.136. The van der Waals surface area contributed by atoms with Gasteiger partial charge in [-0.1, -0.05) is 11.6 Å². The van der Waals surface area contributed by atoms with E-state index in [4.69, 9.17) is 4.74 Å². The molecule has 26 heavy (non-hydrogen) atoms. The van der Waals surface area contributed by atoms with Crippen LogP contribution < -0.4 is 4.74 Å². The van der Waals surface area contributed by atoms with Crippen molar-refractivity contribution in [2.75, 3.05) is 13.1 Å². The van der Waals surface area contributed by atoms with Crippen LogP contribution in [0.1, 0.15) is 48.0 Å². The van der Waals surface area contributed by atoms with Crippen molar-refractivity contribution in [3.8, 4) is 5.75 Å². The van der Waals surface area contributed by atoms with Gasteiger partial charge in [0.25, 0.3) is 0 Å². The van der Waals surface area contributed by atoms with Gasteiger partial charge in [-0.3, -0.25) is 9.59 Å². The molecule has 3 fully saturated rings. The normalized spacial score (nSPS) is 35.8. The number of likely N-dealkylation sites (tertiary alicyclic amines) is 1. The molecule has 2 aliphatic heterocycles. The number of aliphatic hydroxyl groups excluding tert-OH is 1. The Labute approximate surface area is 153 Å². The molecule has 5 heteroatoms. The van der Waals surface area contributed by atoms with Crippen molar-refractivity contribution in [3.63, 3.8) is 0 Å². The summed E-state index contributed by atoms with van der Waals surface area (Å²) in [6.07, 6.45) is 3.29. The van der Waals surface area contributed by atoms with E-state index in [9.17, 15) is 14.7 Å². The van der Waals surface area contributed by atoms with Crippen LogP contribution >= 0.6 is 0 Å². The van der Waals surface area contributed by atoms with Gasteiger partial charge in [-0.15, -0.1) is 0 Å². The van der Waals surface area contributed by atoms with Crippen molar-refractivity contribution in [2.45, 2.75) is 50.7 Å². The second kappa shape index (κ2) is 5.56. The Bertz CT molecular complexity index is 782. The Morgan fingerprint density at radius 2 is 2.04 bits per heavy atom. The number of hydrogen-bond donors (Lipinski definition) is 1. The highest BCUT2D eigenvalue weighted by Crippen LogP contribution is 2.66. The SMILES string of the molecule is Cc1ccc2c(c1)C(=O)CC1(CCC3C(C(=O)N4CCC(O)CC4)C31)O2. The van der Waals surface area contributed by atoms with E-state index in [1.165, 1.54) is 0 Å². The maximum atomic E-state index is 13.0. The highest BCUT2D eigenvalue weighted by Gasteiger charge is 2.71. The van der Waals surface area contributed by atoms with Crippen molar-refractivity contribution in [3.05, 3.63) is 29.3 Å². The van der Waals surface area contributed by atoms with Crippen molar-refractivity contribution < 1.29 is 19.4 Å². The second-order valence-electron chi connectivity index (χ2n) is 8.58. The van der Waals surface area contributed by atoms with Crippen LogP contribution in [-0.2, 0) is 4.79 Å². The Balaban J connectivity index is 1.37. The fourth-order valence-electron chi connectivity index (χ4n) is 5.56. The van der Waals surface area contributed by atoms with Gasteiger partial charge in [-0.05, 0) is 50.7 Å². The number of piperidine rings is 1. The van der Waals surface area contributed by atoms with Gasteiger partial charge < -0.3 is 14.7 Å². The number of ketones is 1. The number of fused-ring (bicyclic) bond motifs is 3. The molecule has 0 radical (unpaired) electrons. The van der Waals surface area contributed by atoms with Crippen molar-refractivity contribution in [1.82, 2.24) is 4.90 Å². The molecule has 1 saturated heterocycles. The molecule has 0 aromatic heterocycles. The number of Topliss-reactive ketones (excluding diaryl/α,β-unsaturated/α-hetero) is 1. The molecule has 1 aromatic rings. The average Bonchev–Trinajstić information content (AvgIpc) is 3.27. The molecule has 1 N–H and O–H groups in total. The van der Waals surface area contributed by atoms with Gasteiger partial charge in [0.15, 0.2) is 5.78 Å². The Kier molecular flexibility index (Phi) is 3.48. The molecular formula is C21H25NO4. The summed E-state index contributed by atoms with van der Waals surface area (Å²) in [4.78, 5) is 27.7. The van der Waals surface area contributed by atoms with Gasteiger partial charge in [-0.25, -0.2) is 0 Å². The first-order valence-corrected chi connectivity index (χ1v) is 9.78. The lowest BCUT2D eigenvalue weighted by atomic mass is 9.83. The first-order valence-electron chi connectivity index (χ1n) is 9.78. The van der Waals surface area contributed by atoms with Crippen LogP contribution in [0.4, 0.5) is 0 Å². The standard InChI is InChI=1S/C21H25NO4/c1-12-2-3-17-15(10-12)16(24)11-21(26-17)7-4-14-18(19(14)21)20(25)22-8-5-13(23)6-9-22/h2-3,10,13-14,18-19,23H,4-9,11H2,1H3. The smallest absolute Gasteiger partial charge is 0.226 e. The molecule has 2 saturated carbocycles. The summed E-state index contributed by atoms with van der Waals surface area (Å²) in [7, 11) is 0. The van der Waals surface area contributed by atoms with Gasteiger partial charge in [0.1, 0.15) is 11.4 Å². The lowest BCUT2D eigenvalue weighted by Gasteiger charge is -2.38. The molecule has 4 unspecified atom stereocenters. The molecule has 1 amide bonds. The summed E-state index contributed by atoms with van der Waals surface area (Å²) in [5, 5.41) is 9.67. The summed E-state index contributed by atoms with van der Waals surface area (Å²) < 4.78 is 6.41. The number of rotatable bonds is 1. The Morgan fingerprint density at radius 3 is 2.81 bits per heavy atom. The molecule has 4 atom stereocenters. The number of carbonyl (C=O) groups is 2. The third-order valence-corrected chi connectivity index (χ3v) is 6.95. The van der Waals surface area contributed by atoms with E-state index >= 15 is 0 Å². The summed E-state index contributed by atoms with van der Waals surface area (Å²) in [5.74, 6) is 1.56. The van der Waals surface area contributed by atoms with E-state index in [0.29, 0.717) is 49.6 Å². The molecule has 2 aliphatic carbocycles. The molecule has 138 valence electrons. The molecular weight excluding hydrogens is 330 g/mol. The minimum atomic E-state index is -0.486. The van der Waals surface area contributed by atoms with Crippen LogP contribution in [0.15, 0.2) is 18.2 Å². The minimum absolute atomic E-state index is 0.00112. The predicted octanol–water partition coefficient (Wildman–Crippen LogP) is 2.34. The van der Waals surface area contributed by atoms with Crippen LogP contribution in [0.25, 0.3) is 0 Å². The summed E-state index contributed by atoms with van der Waals surface area (Å²) in [5.41, 5.74) is 1.26. The number of hydrogen-bond acceptors (Lipinski definition) is 4. The Morgan fingerprint density at radius 1 is 1.27 bits per heavy atom. The minimum Gasteiger partial charge on any atom is -0.486 e. The molecule has 2 heterocycles. The van der Waals surface area contributed by atoms with Crippen LogP contribution in [0.3, 0.4) is 0 Å². The first-order chi connectivity index (χ1) is 12.5. The average molecular weight is 355 g/mol.